The van der Waals surface area contributed by atoms with Gasteiger partial charge in [0.15, 0.2) is 5.16 Å². The van der Waals surface area contributed by atoms with E-state index in [2.05, 4.69) is 25.7 Å². The molecular weight excluding hydrogens is 464 g/mol. The highest BCUT2D eigenvalue weighted by Crippen LogP contribution is 2.52. The van der Waals surface area contributed by atoms with Gasteiger partial charge in [-0.3, -0.25) is 19.5 Å². The Kier molecular flexibility index (Phi) is 5.78. The Hall–Kier alpha value is -3.07. The topological polar surface area (TPSA) is 90.5 Å². The molecule has 9 heteroatoms. The number of nitro groups is 1. The molecular formula is C26H30N4O4S. The number of fused-ring (bicyclic) bond motifs is 3. The number of hydrogen-bond acceptors (Lipinski definition) is 6. The van der Waals surface area contributed by atoms with Gasteiger partial charge in [0.25, 0.3) is 5.69 Å². The van der Waals surface area contributed by atoms with Gasteiger partial charge < -0.3 is 9.64 Å². The summed E-state index contributed by atoms with van der Waals surface area (Å²) in [6.45, 7) is 7.70. The van der Waals surface area contributed by atoms with Crippen molar-refractivity contribution in [1.29, 1.82) is 0 Å². The monoisotopic (exact) mass is 494 g/mol. The smallest absolute Gasteiger partial charge is 0.271 e. The molecule has 8 nitrogen and oxygen atoms in total. The van der Waals surface area contributed by atoms with Gasteiger partial charge in [0, 0.05) is 24.7 Å². The van der Waals surface area contributed by atoms with Crippen LogP contribution in [0.15, 0.2) is 47.6 Å². The fourth-order valence-electron chi connectivity index (χ4n) is 6.26. The molecule has 35 heavy (non-hydrogen) atoms. The van der Waals surface area contributed by atoms with E-state index >= 15 is 0 Å². The number of carbonyl (C=O) groups excluding carboxylic acids is 1. The van der Waals surface area contributed by atoms with Crippen LogP contribution in [0, 0.1) is 20.9 Å². The van der Waals surface area contributed by atoms with Crippen LogP contribution in [0.3, 0.4) is 0 Å². The van der Waals surface area contributed by atoms with Crippen LogP contribution in [0.1, 0.15) is 40.0 Å². The molecule has 1 saturated carbocycles. The summed E-state index contributed by atoms with van der Waals surface area (Å²) in [4.78, 5) is 31.1. The Bertz CT molecular complexity index is 1320. The molecule has 0 N–H and O–H groups in total. The van der Waals surface area contributed by atoms with Crippen molar-refractivity contribution >= 4 is 34.4 Å². The molecule has 2 aliphatic rings. The molecule has 1 saturated heterocycles. The lowest BCUT2D eigenvalue weighted by Gasteiger charge is -2.39. The fourth-order valence-corrected chi connectivity index (χ4v) is 7.17. The minimum absolute atomic E-state index is 0.0185. The third kappa shape index (κ3) is 4.37. The van der Waals surface area contributed by atoms with Crippen LogP contribution in [0.25, 0.3) is 16.7 Å². The maximum atomic E-state index is 13.4. The Morgan fingerprint density at radius 3 is 2.74 bits per heavy atom. The van der Waals surface area contributed by atoms with Gasteiger partial charge >= 0.3 is 0 Å². The van der Waals surface area contributed by atoms with Gasteiger partial charge in [-0.25, -0.2) is 4.98 Å². The van der Waals surface area contributed by atoms with E-state index in [1.54, 1.807) is 13.2 Å². The number of ether oxygens (including phenoxy) is 1. The second-order valence-corrected chi connectivity index (χ2v) is 11.8. The highest BCUT2D eigenvalue weighted by atomic mass is 32.2. The molecule has 2 bridgehead atoms. The molecule has 3 aromatic rings. The van der Waals surface area contributed by atoms with E-state index < -0.39 is 4.92 Å². The number of rotatable bonds is 6. The standard InChI is InChI=1S/C26H30N4O4S/c1-25(2)12-18-13-26(3,15-25)16-28(18)23(31)14-35-24-27-19-11-17(30(32)33)9-10-20(19)29(24)21-7-5-6-8-22(21)34-4/h5-11,18H,12-16H2,1-4H3. The van der Waals surface area contributed by atoms with E-state index in [1.807, 2.05) is 28.8 Å². The number of nitro benzene ring substituents is 1. The average Bonchev–Trinajstić information content (AvgIpc) is 3.29. The van der Waals surface area contributed by atoms with Crippen molar-refractivity contribution in [3.8, 4) is 11.4 Å². The number of non-ortho nitro benzene ring substituents is 1. The minimum atomic E-state index is -0.425. The number of hydrogen-bond donors (Lipinski definition) is 0. The summed E-state index contributed by atoms with van der Waals surface area (Å²) in [5, 5.41) is 11.9. The molecule has 1 aliphatic heterocycles. The first-order chi connectivity index (χ1) is 16.6. The number of benzene rings is 2. The molecule has 2 fully saturated rings. The van der Waals surface area contributed by atoms with Gasteiger partial charge in [0.1, 0.15) is 5.75 Å². The number of nitrogens with zero attached hydrogens (tertiary/aromatic N) is 4. The Labute approximate surface area is 208 Å². The largest absolute Gasteiger partial charge is 0.495 e. The summed E-state index contributed by atoms with van der Waals surface area (Å²) in [7, 11) is 1.60. The number of likely N-dealkylation sites (tertiary alicyclic amines) is 1. The summed E-state index contributed by atoms with van der Waals surface area (Å²) in [5.41, 5.74) is 2.40. The molecule has 1 aliphatic carbocycles. The summed E-state index contributed by atoms with van der Waals surface area (Å²) in [6, 6.07) is 12.5. The van der Waals surface area contributed by atoms with Crippen molar-refractivity contribution < 1.29 is 14.5 Å². The van der Waals surface area contributed by atoms with E-state index in [0.717, 1.165) is 37.0 Å². The van der Waals surface area contributed by atoms with E-state index in [9.17, 15) is 14.9 Å². The van der Waals surface area contributed by atoms with Crippen molar-refractivity contribution in [2.45, 2.75) is 51.2 Å². The van der Waals surface area contributed by atoms with Gasteiger partial charge in [-0.1, -0.05) is 44.7 Å². The lowest BCUT2D eigenvalue weighted by atomic mass is 9.65. The van der Waals surface area contributed by atoms with Crippen LogP contribution in [0.4, 0.5) is 5.69 Å². The highest BCUT2D eigenvalue weighted by molar-refractivity contribution is 7.99. The molecule has 1 aromatic heterocycles. The minimum Gasteiger partial charge on any atom is -0.495 e. The van der Waals surface area contributed by atoms with Crippen LogP contribution in [-0.2, 0) is 4.79 Å². The zero-order valence-electron chi connectivity index (χ0n) is 20.5. The third-order valence-electron chi connectivity index (χ3n) is 7.20. The number of imidazole rings is 1. The number of aromatic nitrogens is 2. The zero-order chi connectivity index (χ0) is 25.0. The number of para-hydroxylation sites is 2. The van der Waals surface area contributed by atoms with E-state index in [4.69, 9.17) is 9.72 Å². The fraction of sp³-hybridized carbons (Fsp3) is 0.462. The molecule has 2 heterocycles. The van der Waals surface area contributed by atoms with Crippen LogP contribution in [0.5, 0.6) is 5.75 Å². The molecule has 5 rings (SSSR count). The van der Waals surface area contributed by atoms with Gasteiger partial charge in [-0.2, -0.15) is 0 Å². The van der Waals surface area contributed by atoms with Gasteiger partial charge in [-0.05, 0) is 48.3 Å². The number of methoxy groups -OCH3 is 1. The van der Waals surface area contributed by atoms with Crippen molar-refractivity contribution in [2.75, 3.05) is 19.4 Å². The summed E-state index contributed by atoms with van der Waals surface area (Å²) in [5.74, 6) is 1.03. The Balaban J connectivity index is 1.47. The van der Waals surface area contributed by atoms with E-state index in [1.165, 1.54) is 23.9 Å². The lowest BCUT2D eigenvalue weighted by molar-refractivity contribution is -0.384. The lowest BCUT2D eigenvalue weighted by Crippen LogP contribution is -2.38. The molecule has 0 radical (unpaired) electrons. The number of thioether (sulfide) groups is 1. The summed E-state index contributed by atoms with van der Waals surface area (Å²) < 4.78 is 7.50. The first-order valence-corrected chi connectivity index (χ1v) is 12.8. The molecule has 2 aromatic carbocycles. The van der Waals surface area contributed by atoms with Crippen molar-refractivity contribution in [2.24, 2.45) is 10.8 Å². The third-order valence-corrected chi connectivity index (χ3v) is 8.13. The molecule has 2 unspecified atom stereocenters. The summed E-state index contributed by atoms with van der Waals surface area (Å²) >= 11 is 1.36. The average molecular weight is 495 g/mol. The first kappa shape index (κ1) is 23.7. The second-order valence-electron chi connectivity index (χ2n) is 10.9. The molecule has 2 atom stereocenters. The summed E-state index contributed by atoms with van der Waals surface area (Å²) in [6.07, 6.45) is 3.23. The maximum absolute atomic E-state index is 13.4. The Morgan fingerprint density at radius 2 is 2.00 bits per heavy atom. The van der Waals surface area contributed by atoms with Crippen LogP contribution in [0.2, 0.25) is 0 Å². The predicted molar refractivity (Wildman–Crippen MR) is 136 cm³/mol. The molecule has 184 valence electrons. The molecule has 1 amide bonds. The van der Waals surface area contributed by atoms with Gasteiger partial charge in [0.05, 0.1) is 34.5 Å². The normalized spacial score (nSPS) is 23.0. The SMILES string of the molecule is COc1ccccc1-n1c(SCC(=O)N2CC3(C)CC2CC(C)(C)C3)nc2cc([N+](=O)[O-])ccc21. The maximum Gasteiger partial charge on any atom is 0.271 e. The van der Waals surface area contributed by atoms with E-state index in [0.29, 0.717) is 16.4 Å². The van der Waals surface area contributed by atoms with Gasteiger partial charge in [0.2, 0.25) is 5.91 Å². The van der Waals surface area contributed by atoms with Crippen LogP contribution >= 0.6 is 11.8 Å². The number of carbonyl (C=O) groups is 1. The van der Waals surface area contributed by atoms with Gasteiger partial charge in [-0.15, -0.1) is 0 Å². The predicted octanol–water partition coefficient (Wildman–Crippen LogP) is 5.46. The Morgan fingerprint density at radius 1 is 1.23 bits per heavy atom. The number of amides is 1. The molecule has 0 spiro atoms. The zero-order valence-corrected chi connectivity index (χ0v) is 21.3. The first-order valence-electron chi connectivity index (χ1n) is 11.8. The highest BCUT2D eigenvalue weighted by Gasteiger charge is 2.50. The quantitative estimate of drug-likeness (QED) is 0.257. The van der Waals surface area contributed by atoms with Crippen molar-refractivity contribution in [3.63, 3.8) is 0 Å². The second kappa shape index (κ2) is 8.55. The van der Waals surface area contributed by atoms with E-state index in [-0.39, 0.29) is 34.2 Å². The van der Waals surface area contributed by atoms with Crippen molar-refractivity contribution in [1.82, 2.24) is 14.5 Å². The van der Waals surface area contributed by atoms with Crippen molar-refractivity contribution in [3.05, 3.63) is 52.6 Å². The van der Waals surface area contributed by atoms with Crippen LogP contribution < -0.4 is 4.74 Å². The van der Waals surface area contributed by atoms with Crippen LogP contribution in [-0.4, -0.2) is 50.7 Å².